The van der Waals surface area contributed by atoms with E-state index >= 15 is 0 Å². The van der Waals surface area contributed by atoms with E-state index in [1.165, 1.54) is 0 Å². The number of hydrogen-bond acceptors (Lipinski definition) is 2. The monoisotopic (exact) mass is 263 g/mol. The summed E-state index contributed by atoms with van der Waals surface area (Å²) in [6, 6.07) is 0. The fourth-order valence-corrected chi connectivity index (χ4v) is 1.34. The Balaban J connectivity index is 3.33. The van der Waals surface area contributed by atoms with Gasteiger partial charge < -0.3 is 5.32 Å². The Kier molecular flexibility index (Phi) is 8.37. The highest BCUT2D eigenvalue weighted by molar-refractivity contribution is 9.10. The Hall–Kier alpha value is -0.140. The van der Waals surface area contributed by atoms with Crippen molar-refractivity contribution in [2.75, 3.05) is 18.1 Å². The molecule has 0 heterocycles. The molecular formula is C9H14BrNOS. The minimum Gasteiger partial charge on any atom is -0.354 e. The number of alkyl halides is 1. The summed E-state index contributed by atoms with van der Waals surface area (Å²) in [7, 11) is 0. The molecule has 0 aliphatic carbocycles. The van der Waals surface area contributed by atoms with Gasteiger partial charge in [-0.3, -0.25) is 4.79 Å². The predicted molar refractivity (Wildman–Crippen MR) is 62.2 cm³/mol. The van der Waals surface area contributed by atoms with E-state index in [1.54, 1.807) is 11.8 Å². The number of amides is 1. The van der Waals surface area contributed by atoms with Crippen molar-refractivity contribution < 1.29 is 4.79 Å². The molecule has 0 aromatic carbocycles. The quantitative estimate of drug-likeness (QED) is 0.449. The van der Waals surface area contributed by atoms with Gasteiger partial charge in [-0.1, -0.05) is 28.8 Å². The van der Waals surface area contributed by atoms with Crippen molar-refractivity contribution in [2.24, 2.45) is 0 Å². The van der Waals surface area contributed by atoms with E-state index in [-0.39, 0.29) is 10.7 Å². The first kappa shape index (κ1) is 12.9. The van der Waals surface area contributed by atoms with Gasteiger partial charge in [0, 0.05) is 12.3 Å². The number of thioether (sulfide) groups is 1. The molecule has 0 rings (SSSR count). The van der Waals surface area contributed by atoms with Crippen LogP contribution in [0.4, 0.5) is 0 Å². The van der Waals surface area contributed by atoms with E-state index in [4.69, 9.17) is 6.42 Å². The molecule has 0 saturated heterocycles. The second-order valence-corrected chi connectivity index (χ2v) is 4.63. The average molecular weight is 264 g/mol. The number of hydrogen-bond donors (Lipinski definition) is 1. The fraction of sp³-hybridized carbons (Fsp3) is 0.667. The number of rotatable bonds is 6. The molecule has 0 aliphatic rings. The van der Waals surface area contributed by atoms with Gasteiger partial charge in [0.05, 0.1) is 10.6 Å². The van der Waals surface area contributed by atoms with Crippen LogP contribution in [0.2, 0.25) is 0 Å². The highest BCUT2D eigenvalue weighted by Crippen LogP contribution is 2.03. The zero-order valence-electron chi connectivity index (χ0n) is 7.68. The molecular weight excluding hydrogens is 250 g/mol. The Labute approximate surface area is 92.4 Å². The molecule has 74 valence electrons. The topological polar surface area (TPSA) is 29.1 Å². The summed E-state index contributed by atoms with van der Waals surface area (Å²) < 4.78 is 0. The molecule has 0 fully saturated rings. The van der Waals surface area contributed by atoms with Crippen molar-refractivity contribution >= 4 is 33.6 Å². The molecule has 0 saturated carbocycles. The smallest absolute Gasteiger partial charge is 0.233 e. The number of carbonyl (C=O) groups is 1. The van der Waals surface area contributed by atoms with Crippen molar-refractivity contribution in [1.29, 1.82) is 0 Å². The lowest BCUT2D eigenvalue weighted by atomic mass is 10.3. The van der Waals surface area contributed by atoms with Gasteiger partial charge in [0.2, 0.25) is 5.91 Å². The van der Waals surface area contributed by atoms with Gasteiger partial charge >= 0.3 is 0 Å². The molecule has 2 nitrogen and oxygen atoms in total. The molecule has 1 unspecified atom stereocenters. The summed E-state index contributed by atoms with van der Waals surface area (Å²) in [5, 5.41) is 2.82. The van der Waals surface area contributed by atoms with Crippen LogP contribution in [-0.4, -0.2) is 28.8 Å². The Bertz CT molecular complexity index is 191. The molecule has 1 atom stereocenters. The molecule has 1 amide bonds. The second kappa shape index (κ2) is 8.46. The van der Waals surface area contributed by atoms with E-state index < -0.39 is 0 Å². The van der Waals surface area contributed by atoms with Crippen LogP contribution in [0.5, 0.6) is 0 Å². The highest BCUT2D eigenvalue weighted by Gasteiger charge is 2.10. The minimum atomic E-state index is -0.0647. The van der Waals surface area contributed by atoms with Crippen LogP contribution in [0, 0.1) is 12.3 Å². The number of nitrogens with one attached hydrogen (secondary N) is 1. The van der Waals surface area contributed by atoms with Crippen LogP contribution >= 0.6 is 27.7 Å². The lowest BCUT2D eigenvalue weighted by Gasteiger charge is -2.07. The summed E-state index contributed by atoms with van der Waals surface area (Å²) in [5.41, 5.74) is 0. The van der Waals surface area contributed by atoms with Crippen molar-refractivity contribution in [2.45, 2.75) is 18.2 Å². The van der Waals surface area contributed by atoms with Gasteiger partial charge in [0.15, 0.2) is 0 Å². The predicted octanol–water partition coefficient (Wildman–Crippen LogP) is 1.64. The van der Waals surface area contributed by atoms with E-state index in [0.717, 1.165) is 12.2 Å². The summed E-state index contributed by atoms with van der Waals surface area (Å²) in [6.45, 7) is 2.65. The van der Waals surface area contributed by atoms with Gasteiger partial charge in [-0.2, -0.15) is 0 Å². The highest BCUT2D eigenvalue weighted by atomic mass is 79.9. The maximum Gasteiger partial charge on any atom is 0.233 e. The molecule has 4 heteroatoms. The van der Waals surface area contributed by atoms with Crippen molar-refractivity contribution in [1.82, 2.24) is 5.32 Å². The summed E-state index contributed by atoms with van der Waals surface area (Å²) >= 11 is 4.92. The van der Waals surface area contributed by atoms with E-state index in [9.17, 15) is 4.79 Å². The van der Waals surface area contributed by atoms with Crippen molar-refractivity contribution in [3.8, 4) is 12.3 Å². The van der Waals surface area contributed by atoms with E-state index in [2.05, 4.69) is 27.2 Å². The van der Waals surface area contributed by atoms with Gasteiger partial charge in [-0.15, -0.1) is 18.2 Å². The van der Waals surface area contributed by atoms with Crippen molar-refractivity contribution in [3.05, 3.63) is 0 Å². The maximum absolute atomic E-state index is 11.2. The molecule has 0 bridgehead atoms. The van der Waals surface area contributed by atoms with Gasteiger partial charge in [-0.25, -0.2) is 0 Å². The third-order valence-corrected chi connectivity index (χ3v) is 3.30. The van der Waals surface area contributed by atoms with Crippen LogP contribution in [0.15, 0.2) is 0 Å². The van der Waals surface area contributed by atoms with Crippen LogP contribution in [0.3, 0.4) is 0 Å². The molecule has 0 spiro atoms. The van der Waals surface area contributed by atoms with Crippen LogP contribution in [0.25, 0.3) is 0 Å². The molecule has 0 aliphatic heterocycles. The van der Waals surface area contributed by atoms with E-state index in [1.807, 2.05) is 6.92 Å². The van der Waals surface area contributed by atoms with Crippen LogP contribution in [0.1, 0.15) is 13.3 Å². The zero-order valence-corrected chi connectivity index (χ0v) is 10.1. The second-order valence-electron chi connectivity index (χ2n) is 2.42. The molecule has 0 radical (unpaired) electrons. The fourth-order valence-electron chi connectivity index (χ4n) is 0.674. The average Bonchev–Trinajstić information content (AvgIpc) is 2.16. The SMILES string of the molecule is C#CCSCCNC(=O)C(Br)CC. The van der Waals surface area contributed by atoms with Gasteiger partial charge in [-0.05, 0) is 6.42 Å². The van der Waals surface area contributed by atoms with Gasteiger partial charge in [0.1, 0.15) is 0 Å². The minimum absolute atomic E-state index is 0.0591. The summed E-state index contributed by atoms with van der Waals surface area (Å²) in [4.78, 5) is 11.1. The largest absolute Gasteiger partial charge is 0.354 e. The standard InChI is InChI=1S/C9H14BrNOS/c1-3-6-13-7-5-11-9(12)8(10)4-2/h1,8H,4-7H2,2H3,(H,11,12). The number of halogens is 1. The van der Waals surface area contributed by atoms with E-state index in [0.29, 0.717) is 12.3 Å². The third kappa shape index (κ3) is 6.97. The molecule has 13 heavy (non-hydrogen) atoms. The summed E-state index contributed by atoms with van der Waals surface area (Å²) in [5.74, 6) is 4.17. The van der Waals surface area contributed by atoms with Crippen molar-refractivity contribution in [3.63, 3.8) is 0 Å². The Morgan fingerprint density at radius 3 is 3.00 bits per heavy atom. The first-order valence-electron chi connectivity index (χ1n) is 4.15. The number of carbonyl (C=O) groups excluding carboxylic acids is 1. The zero-order chi connectivity index (χ0) is 10.1. The Morgan fingerprint density at radius 2 is 2.46 bits per heavy atom. The van der Waals surface area contributed by atoms with Crippen LogP contribution in [-0.2, 0) is 4.79 Å². The first-order chi connectivity index (χ1) is 6.22. The molecule has 1 N–H and O–H groups in total. The lowest BCUT2D eigenvalue weighted by Crippen LogP contribution is -2.32. The van der Waals surface area contributed by atoms with Gasteiger partial charge in [0.25, 0.3) is 0 Å². The first-order valence-corrected chi connectivity index (χ1v) is 6.22. The molecule has 0 aromatic heterocycles. The number of terminal acetylenes is 1. The normalized spacial score (nSPS) is 11.8. The lowest BCUT2D eigenvalue weighted by molar-refractivity contribution is -0.120. The van der Waals surface area contributed by atoms with Crippen LogP contribution < -0.4 is 5.32 Å². The molecule has 0 aromatic rings. The third-order valence-electron chi connectivity index (χ3n) is 1.37. The Morgan fingerprint density at radius 1 is 1.77 bits per heavy atom. The maximum atomic E-state index is 11.2. The summed E-state index contributed by atoms with van der Waals surface area (Å²) in [6.07, 6.45) is 5.88.